The van der Waals surface area contributed by atoms with E-state index in [0.29, 0.717) is 16.4 Å². The molecule has 1 amide bonds. The van der Waals surface area contributed by atoms with Crippen molar-refractivity contribution in [3.63, 3.8) is 0 Å². The molecule has 0 fully saturated rings. The van der Waals surface area contributed by atoms with E-state index in [1.807, 2.05) is 26.0 Å². The first-order chi connectivity index (χ1) is 9.95. The van der Waals surface area contributed by atoms with Crippen LogP contribution in [0.25, 0.3) is 0 Å². The molecule has 110 valence electrons. The number of carbonyl (C=O) groups is 1. The van der Waals surface area contributed by atoms with E-state index < -0.39 is 0 Å². The molecule has 2 aromatic rings. The number of carbonyl (C=O) groups excluding carboxylic acids is 1. The number of anilines is 2. The molecule has 0 unspecified atom stereocenters. The Bertz CT molecular complexity index is 635. The van der Waals surface area contributed by atoms with E-state index in [1.54, 1.807) is 18.3 Å². The molecule has 1 aromatic heterocycles. The topological polar surface area (TPSA) is 68.0 Å². The SMILES string of the molecule is Cc1cc(C)c(NC(=O)CSc2ccc(N)cn2)c(Cl)c1. The number of pyridine rings is 1. The lowest BCUT2D eigenvalue weighted by Crippen LogP contribution is -2.15. The van der Waals surface area contributed by atoms with E-state index in [-0.39, 0.29) is 11.7 Å². The second kappa shape index (κ2) is 6.83. The number of hydrogen-bond donors (Lipinski definition) is 2. The molecule has 0 saturated carbocycles. The van der Waals surface area contributed by atoms with Crippen LogP contribution >= 0.6 is 23.4 Å². The van der Waals surface area contributed by atoms with E-state index in [9.17, 15) is 4.79 Å². The minimum absolute atomic E-state index is 0.118. The molecular weight excluding hydrogens is 306 g/mol. The lowest BCUT2D eigenvalue weighted by molar-refractivity contribution is -0.113. The highest BCUT2D eigenvalue weighted by molar-refractivity contribution is 7.99. The minimum atomic E-state index is -0.118. The molecule has 0 atom stereocenters. The number of nitrogens with zero attached hydrogens (tertiary/aromatic N) is 1. The molecule has 0 aliphatic carbocycles. The molecule has 1 aromatic carbocycles. The average molecular weight is 322 g/mol. The first-order valence-electron chi connectivity index (χ1n) is 6.36. The molecule has 0 aliphatic rings. The molecule has 21 heavy (non-hydrogen) atoms. The third-order valence-electron chi connectivity index (χ3n) is 2.81. The zero-order valence-electron chi connectivity index (χ0n) is 11.8. The summed E-state index contributed by atoms with van der Waals surface area (Å²) in [5.74, 6) is 0.146. The number of nitrogens with two attached hydrogens (primary N) is 1. The van der Waals surface area contributed by atoms with Crippen LogP contribution in [-0.4, -0.2) is 16.6 Å². The van der Waals surface area contributed by atoms with Gasteiger partial charge < -0.3 is 11.1 Å². The maximum absolute atomic E-state index is 12.0. The Labute approximate surface area is 133 Å². The zero-order chi connectivity index (χ0) is 15.4. The van der Waals surface area contributed by atoms with E-state index in [0.717, 1.165) is 16.2 Å². The highest BCUT2D eigenvalue weighted by Gasteiger charge is 2.10. The Morgan fingerprint density at radius 3 is 2.76 bits per heavy atom. The van der Waals surface area contributed by atoms with Gasteiger partial charge in [-0.05, 0) is 43.2 Å². The Hall–Kier alpha value is -1.72. The second-order valence-corrected chi connectivity index (χ2v) is 6.11. The summed E-state index contributed by atoms with van der Waals surface area (Å²) in [4.78, 5) is 16.1. The predicted molar refractivity (Wildman–Crippen MR) is 88.9 cm³/mol. The van der Waals surface area contributed by atoms with Crippen LogP contribution in [0.4, 0.5) is 11.4 Å². The summed E-state index contributed by atoms with van der Waals surface area (Å²) >= 11 is 7.52. The van der Waals surface area contributed by atoms with Crippen LogP contribution in [0.3, 0.4) is 0 Å². The third-order valence-corrected chi connectivity index (χ3v) is 4.05. The summed E-state index contributed by atoms with van der Waals surface area (Å²) in [6.45, 7) is 3.89. The van der Waals surface area contributed by atoms with Crippen molar-refractivity contribution in [1.82, 2.24) is 4.98 Å². The van der Waals surface area contributed by atoms with E-state index >= 15 is 0 Å². The fourth-order valence-electron chi connectivity index (χ4n) is 1.87. The Morgan fingerprint density at radius 2 is 2.14 bits per heavy atom. The minimum Gasteiger partial charge on any atom is -0.397 e. The first kappa shape index (κ1) is 15.7. The molecule has 0 spiro atoms. The van der Waals surface area contributed by atoms with Gasteiger partial charge in [-0.3, -0.25) is 4.79 Å². The summed E-state index contributed by atoms with van der Waals surface area (Å²) < 4.78 is 0. The van der Waals surface area contributed by atoms with Crippen LogP contribution in [0, 0.1) is 13.8 Å². The fraction of sp³-hybridized carbons (Fsp3) is 0.200. The Morgan fingerprint density at radius 1 is 1.38 bits per heavy atom. The maximum Gasteiger partial charge on any atom is 0.234 e. The van der Waals surface area contributed by atoms with Gasteiger partial charge in [0, 0.05) is 0 Å². The van der Waals surface area contributed by atoms with Crippen molar-refractivity contribution in [2.24, 2.45) is 0 Å². The maximum atomic E-state index is 12.0. The number of nitrogens with one attached hydrogen (secondary N) is 1. The van der Waals surface area contributed by atoms with Crippen LogP contribution in [0.1, 0.15) is 11.1 Å². The number of benzene rings is 1. The van der Waals surface area contributed by atoms with Crippen LogP contribution in [0.2, 0.25) is 5.02 Å². The summed E-state index contributed by atoms with van der Waals surface area (Å²) in [6, 6.07) is 7.36. The van der Waals surface area contributed by atoms with Crippen molar-refractivity contribution >= 4 is 40.6 Å². The van der Waals surface area contributed by atoms with Crippen molar-refractivity contribution in [2.75, 3.05) is 16.8 Å². The summed E-state index contributed by atoms with van der Waals surface area (Å²) in [5, 5.41) is 4.15. The molecule has 1 heterocycles. The largest absolute Gasteiger partial charge is 0.397 e. The highest BCUT2D eigenvalue weighted by Crippen LogP contribution is 2.27. The van der Waals surface area contributed by atoms with Crippen molar-refractivity contribution < 1.29 is 4.79 Å². The number of hydrogen-bond acceptors (Lipinski definition) is 4. The lowest BCUT2D eigenvalue weighted by Gasteiger charge is -2.11. The second-order valence-electron chi connectivity index (χ2n) is 4.71. The molecular formula is C15H16ClN3OS. The standard InChI is InChI=1S/C15H16ClN3OS/c1-9-5-10(2)15(12(16)6-9)19-13(20)8-21-14-4-3-11(17)7-18-14/h3-7H,8,17H2,1-2H3,(H,19,20). The Balaban J connectivity index is 1.97. The number of amides is 1. The molecule has 0 aliphatic heterocycles. The lowest BCUT2D eigenvalue weighted by atomic mass is 10.1. The molecule has 0 saturated heterocycles. The summed E-state index contributed by atoms with van der Waals surface area (Å²) in [7, 11) is 0. The van der Waals surface area contributed by atoms with E-state index in [1.165, 1.54) is 11.8 Å². The van der Waals surface area contributed by atoms with Gasteiger partial charge in [-0.2, -0.15) is 0 Å². The number of halogens is 1. The fourth-order valence-corrected chi connectivity index (χ4v) is 2.88. The number of nitrogen functional groups attached to an aromatic ring is 1. The van der Waals surface area contributed by atoms with Crippen LogP contribution in [0.5, 0.6) is 0 Å². The summed E-state index contributed by atoms with van der Waals surface area (Å²) in [6.07, 6.45) is 1.57. The molecule has 3 N–H and O–H groups in total. The van der Waals surface area contributed by atoms with Crippen LogP contribution in [0.15, 0.2) is 35.5 Å². The van der Waals surface area contributed by atoms with Crippen molar-refractivity contribution in [3.8, 4) is 0 Å². The zero-order valence-corrected chi connectivity index (χ0v) is 13.4. The number of aryl methyl sites for hydroxylation is 2. The van der Waals surface area contributed by atoms with Crippen molar-refractivity contribution in [2.45, 2.75) is 18.9 Å². The number of aromatic nitrogens is 1. The van der Waals surface area contributed by atoms with Gasteiger partial charge in [-0.1, -0.05) is 29.4 Å². The van der Waals surface area contributed by atoms with Gasteiger partial charge >= 0.3 is 0 Å². The van der Waals surface area contributed by atoms with Gasteiger partial charge in [0.25, 0.3) is 0 Å². The van der Waals surface area contributed by atoms with Gasteiger partial charge in [0.15, 0.2) is 0 Å². The highest BCUT2D eigenvalue weighted by atomic mass is 35.5. The smallest absolute Gasteiger partial charge is 0.234 e. The van der Waals surface area contributed by atoms with Crippen molar-refractivity contribution in [1.29, 1.82) is 0 Å². The van der Waals surface area contributed by atoms with Gasteiger partial charge in [0.05, 0.1) is 33.4 Å². The molecule has 4 nitrogen and oxygen atoms in total. The monoisotopic (exact) mass is 321 g/mol. The normalized spacial score (nSPS) is 10.4. The first-order valence-corrected chi connectivity index (χ1v) is 7.73. The van der Waals surface area contributed by atoms with Crippen LogP contribution in [-0.2, 0) is 4.79 Å². The summed E-state index contributed by atoms with van der Waals surface area (Å²) in [5.41, 5.74) is 8.85. The molecule has 2 rings (SSSR count). The molecule has 0 bridgehead atoms. The van der Waals surface area contributed by atoms with Gasteiger partial charge in [-0.15, -0.1) is 0 Å². The molecule has 0 radical (unpaired) electrons. The van der Waals surface area contributed by atoms with Gasteiger partial charge in [0.2, 0.25) is 5.91 Å². The van der Waals surface area contributed by atoms with Crippen LogP contribution < -0.4 is 11.1 Å². The molecule has 6 heteroatoms. The van der Waals surface area contributed by atoms with Gasteiger partial charge in [0.1, 0.15) is 0 Å². The van der Waals surface area contributed by atoms with Gasteiger partial charge in [-0.25, -0.2) is 4.98 Å². The average Bonchev–Trinajstić information content (AvgIpc) is 2.42. The number of rotatable bonds is 4. The third kappa shape index (κ3) is 4.37. The quantitative estimate of drug-likeness (QED) is 0.843. The Kier molecular flexibility index (Phi) is 5.09. The number of thioether (sulfide) groups is 1. The predicted octanol–water partition coefficient (Wildman–Crippen LogP) is 3.66. The van der Waals surface area contributed by atoms with E-state index in [2.05, 4.69) is 10.3 Å². The van der Waals surface area contributed by atoms with Crippen molar-refractivity contribution in [3.05, 3.63) is 46.6 Å². The van der Waals surface area contributed by atoms with E-state index in [4.69, 9.17) is 17.3 Å².